The van der Waals surface area contributed by atoms with Crippen LogP contribution in [0, 0.1) is 0 Å². The van der Waals surface area contributed by atoms with Crippen LogP contribution >= 0.6 is 11.8 Å². The number of fused-ring (bicyclic) bond motifs is 1. The summed E-state index contributed by atoms with van der Waals surface area (Å²) in [5, 5.41) is 2.90. The van der Waals surface area contributed by atoms with Gasteiger partial charge in [0, 0.05) is 24.2 Å². The molecule has 1 aromatic heterocycles. The summed E-state index contributed by atoms with van der Waals surface area (Å²) in [4.78, 5) is 13.5. The van der Waals surface area contributed by atoms with E-state index in [-0.39, 0.29) is 5.91 Å². The fourth-order valence-corrected chi connectivity index (χ4v) is 2.64. The average Bonchev–Trinajstić information content (AvgIpc) is 2.78. The molecule has 100 valence electrons. The quantitative estimate of drug-likeness (QED) is 0.609. The lowest BCUT2D eigenvalue weighted by atomic mass is 10.2. The van der Waals surface area contributed by atoms with Crippen molar-refractivity contribution in [1.82, 2.24) is 0 Å². The number of hydrogen-bond donors (Lipinski definition) is 0. The minimum atomic E-state index is -0.0254. The lowest BCUT2D eigenvalue weighted by Gasteiger charge is -2.13. The zero-order valence-electron chi connectivity index (χ0n) is 11.2. The van der Waals surface area contributed by atoms with Crippen LogP contribution in [-0.2, 0) is 4.79 Å². The first-order chi connectivity index (χ1) is 9.19. The number of rotatable bonds is 5. The third-order valence-corrected chi connectivity index (χ3v) is 3.69. The van der Waals surface area contributed by atoms with Crippen LogP contribution in [0.2, 0.25) is 0 Å². The Balaban J connectivity index is 2.48. The number of hydrogen-bond acceptors (Lipinski definition) is 3. The van der Waals surface area contributed by atoms with Gasteiger partial charge in [-0.3, -0.25) is 9.69 Å². The molecular formula is C15H17NO2S. The molecule has 0 bridgehead atoms. The molecule has 0 unspecified atom stereocenters. The molecule has 0 aliphatic carbocycles. The summed E-state index contributed by atoms with van der Waals surface area (Å²) >= 11 is 1.64. The first-order valence-electron chi connectivity index (χ1n) is 6.20. The summed E-state index contributed by atoms with van der Waals surface area (Å²) in [6, 6.07) is 7.93. The number of carbonyl (C=O) groups excluding carboxylic acids is 1. The van der Waals surface area contributed by atoms with Crippen LogP contribution in [0.1, 0.15) is 13.3 Å². The summed E-state index contributed by atoms with van der Waals surface area (Å²) < 4.78 is 5.87. The van der Waals surface area contributed by atoms with E-state index < -0.39 is 0 Å². The van der Waals surface area contributed by atoms with Gasteiger partial charge >= 0.3 is 0 Å². The third-order valence-electron chi connectivity index (χ3n) is 2.84. The zero-order valence-corrected chi connectivity index (χ0v) is 12.0. The van der Waals surface area contributed by atoms with Crippen molar-refractivity contribution in [3.63, 3.8) is 0 Å². The highest BCUT2D eigenvalue weighted by molar-refractivity contribution is 7.99. The molecule has 4 heteroatoms. The Morgan fingerprint density at radius 3 is 2.74 bits per heavy atom. The van der Waals surface area contributed by atoms with Crippen LogP contribution in [0.5, 0.6) is 0 Å². The van der Waals surface area contributed by atoms with Gasteiger partial charge in [0.15, 0.2) is 5.09 Å². The topological polar surface area (TPSA) is 33.5 Å². The molecule has 0 saturated heterocycles. The number of anilines is 1. The number of furan rings is 1. The Hall–Kier alpha value is -1.68. The molecule has 0 radical (unpaired) electrons. The second-order valence-electron chi connectivity index (χ2n) is 4.12. The molecule has 0 atom stereocenters. The van der Waals surface area contributed by atoms with Gasteiger partial charge in [-0.15, -0.1) is 6.58 Å². The van der Waals surface area contributed by atoms with E-state index in [1.54, 1.807) is 29.8 Å². The van der Waals surface area contributed by atoms with E-state index in [1.807, 2.05) is 24.3 Å². The molecule has 2 rings (SSSR count). The highest BCUT2D eigenvalue weighted by Gasteiger charge is 2.19. The van der Waals surface area contributed by atoms with E-state index in [1.165, 1.54) is 0 Å². The standard InChI is InChI=1S/C15H17NO2S/c1-4-8-13(17)16(3)14-11-9-6-7-10-12(11)15(18-14)19-5-2/h4,6-7,9-10H,1,5,8H2,2-3H3. The Morgan fingerprint density at radius 1 is 1.42 bits per heavy atom. The van der Waals surface area contributed by atoms with Gasteiger partial charge in [-0.25, -0.2) is 0 Å². The monoisotopic (exact) mass is 275 g/mol. The molecular weight excluding hydrogens is 258 g/mol. The molecule has 19 heavy (non-hydrogen) atoms. The number of benzene rings is 1. The highest BCUT2D eigenvalue weighted by Crippen LogP contribution is 2.37. The molecule has 1 aromatic carbocycles. The van der Waals surface area contributed by atoms with E-state index in [0.717, 1.165) is 21.6 Å². The molecule has 1 amide bonds. The lowest BCUT2D eigenvalue weighted by molar-refractivity contribution is -0.117. The molecule has 0 N–H and O–H groups in total. The van der Waals surface area contributed by atoms with Gasteiger partial charge in [-0.05, 0) is 17.9 Å². The van der Waals surface area contributed by atoms with Gasteiger partial charge < -0.3 is 4.42 Å². The van der Waals surface area contributed by atoms with Crippen molar-refractivity contribution in [2.24, 2.45) is 0 Å². The number of carbonyl (C=O) groups is 1. The summed E-state index contributed by atoms with van der Waals surface area (Å²) in [7, 11) is 1.73. The maximum absolute atomic E-state index is 11.9. The average molecular weight is 275 g/mol. The molecule has 0 aliphatic heterocycles. The maximum Gasteiger partial charge on any atom is 0.232 e. The van der Waals surface area contributed by atoms with E-state index in [0.29, 0.717) is 12.3 Å². The van der Waals surface area contributed by atoms with Crippen molar-refractivity contribution in [2.45, 2.75) is 18.4 Å². The molecule has 3 nitrogen and oxygen atoms in total. The number of amides is 1. The number of thioether (sulfide) groups is 1. The molecule has 0 spiro atoms. The van der Waals surface area contributed by atoms with Crippen LogP contribution in [-0.4, -0.2) is 18.7 Å². The van der Waals surface area contributed by atoms with Crippen molar-refractivity contribution < 1.29 is 9.21 Å². The molecule has 1 heterocycles. The van der Waals surface area contributed by atoms with Crippen LogP contribution in [0.15, 0.2) is 46.4 Å². The second-order valence-corrected chi connectivity index (χ2v) is 5.36. The van der Waals surface area contributed by atoms with Crippen molar-refractivity contribution in [1.29, 1.82) is 0 Å². The lowest BCUT2D eigenvalue weighted by Crippen LogP contribution is -2.24. The Bertz CT molecular complexity index is 603. The largest absolute Gasteiger partial charge is 0.433 e. The maximum atomic E-state index is 11.9. The summed E-state index contributed by atoms with van der Waals surface area (Å²) in [5.41, 5.74) is 0. The minimum absolute atomic E-state index is 0.0254. The summed E-state index contributed by atoms with van der Waals surface area (Å²) in [6.45, 7) is 5.67. The van der Waals surface area contributed by atoms with Crippen molar-refractivity contribution >= 4 is 34.3 Å². The van der Waals surface area contributed by atoms with Gasteiger partial charge in [-0.1, -0.05) is 36.9 Å². The third kappa shape index (κ3) is 2.68. The molecule has 2 aromatic rings. The fraction of sp³-hybridized carbons (Fsp3) is 0.267. The van der Waals surface area contributed by atoms with Crippen molar-refractivity contribution in [2.75, 3.05) is 17.7 Å². The Morgan fingerprint density at radius 2 is 2.11 bits per heavy atom. The number of nitrogens with zero attached hydrogens (tertiary/aromatic N) is 1. The van der Waals surface area contributed by atoms with E-state index >= 15 is 0 Å². The van der Waals surface area contributed by atoms with Gasteiger partial charge in [0.05, 0.1) is 0 Å². The molecule has 0 aliphatic rings. The molecule has 0 fully saturated rings. The van der Waals surface area contributed by atoms with Gasteiger partial charge in [-0.2, -0.15) is 0 Å². The Kier molecular flexibility index (Phi) is 4.32. The van der Waals surface area contributed by atoms with Crippen LogP contribution < -0.4 is 4.90 Å². The second kappa shape index (κ2) is 5.97. The van der Waals surface area contributed by atoms with Crippen molar-refractivity contribution in [3.05, 3.63) is 36.9 Å². The summed E-state index contributed by atoms with van der Waals surface area (Å²) in [6.07, 6.45) is 1.91. The smallest absolute Gasteiger partial charge is 0.232 e. The molecule has 0 saturated carbocycles. The van der Waals surface area contributed by atoms with Gasteiger partial charge in [0.1, 0.15) is 0 Å². The minimum Gasteiger partial charge on any atom is -0.433 e. The first kappa shape index (κ1) is 13.7. The Labute approximate surface area is 117 Å². The fourth-order valence-electron chi connectivity index (χ4n) is 1.91. The SMILES string of the molecule is C=CCC(=O)N(C)c1oc(SCC)c2ccccc12. The van der Waals surface area contributed by atoms with Crippen LogP contribution in [0.4, 0.5) is 5.88 Å². The first-order valence-corrected chi connectivity index (χ1v) is 7.19. The van der Waals surface area contributed by atoms with Gasteiger partial charge in [0.2, 0.25) is 11.8 Å². The van der Waals surface area contributed by atoms with E-state index in [2.05, 4.69) is 13.5 Å². The predicted molar refractivity (Wildman–Crippen MR) is 80.8 cm³/mol. The van der Waals surface area contributed by atoms with Crippen LogP contribution in [0.25, 0.3) is 10.8 Å². The zero-order chi connectivity index (χ0) is 13.8. The van der Waals surface area contributed by atoms with Crippen molar-refractivity contribution in [3.8, 4) is 0 Å². The van der Waals surface area contributed by atoms with E-state index in [9.17, 15) is 4.79 Å². The van der Waals surface area contributed by atoms with Gasteiger partial charge in [0.25, 0.3) is 0 Å². The van der Waals surface area contributed by atoms with Crippen LogP contribution in [0.3, 0.4) is 0 Å². The predicted octanol–water partition coefficient (Wildman–Crippen LogP) is 4.08. The normalized spacial score (nSPS) is 10.6. The highest BCUT2D eigenvalue weighted by atomic mass is 32.2. The summed E-state index contributed by atoms with van der Waals surface area (Å²) in [5.74, 6) is 1.52. The van der Waals surface area contributed by atoms with E-state index in [4.69, 9.17) is 4.42 Å².